The third kappa shape index (κ3) is 7.10. The van der Waals surface area contributed by atoms with Gasteiger partial charge in [0, 0.05) is 36.5 Å². The van der Waals surface area contributed by atoms with E-state index in [1.54, 1.807) is 30.3 Å². The predicted molar refractivity (Wildman–Crippen MR) is 127 cm³/mol. The lowest BCUT2D eigenvalue weighted by Crippen LogP contribution is -2.15. The van der Waals surface area contributed by atoms with Gasteiger partial charge in [0.05, 0.1) is 6.61 Å². The van der Waals surface area contributed by atoms with E-state index < -0.39 is 5.91 Å². The van der Waals surface area contributed by atoms with Gasteiger partial charge >= 0.3 is 0 Å². The Hall–Kier alpha value is -4.33. The minimum atomic E-state index is -0.394. The molecule has 0 atom stereocenters. The van der Waals surface area contributed by atoms with E-state index in [9.17, 15) is 14.4 Å². The summed E-state index contributed by atoms with van der Waals surface area (Å²) >= 11 is 0. The van der Waals surface area contributed by atoms with Crippen LogP contribution in [0.15, 0.2) is 66.7 Å². The molecule has 3 rings (SSSR count). The number of nitrogens with one attached hydrogen (secondary N) is 3. The molecule has 33 heavy (non-hydrogen) atoms. The van der Waals surface area contributed by atoms with Gasteiger partial charge in [-0.05, 0) is 73.7 Å². The van der Waals surface area contributed by atoms with Crippen LogP contribution in [0.2, 0.25) is 0 Å². The number of benzene rings is 3. The van der Waals surface area contributed by atoms with Crippen molar-refractivity contribution in [1.29, 1.82) is 0 Å². The molecule has 0 fully saturated rings. The zero-order valence-electron chi connectivity index (χ0n) is 18.6. The number of anilines is 3. The van der Waals surface area contributed by atoms with Crippen molar-refractivity contribution < 1.29 is 23.9 Å². The Morgan fingerprint density at radius 3 is 1.64 bits per heavy atom. The van der Waals surface area contributed by atoms with Gasteiger partial charge in [0.25, 0.3) is 5.91 Å². The lowest BCUT2D eigenvalue weighted by Gasteiger charge is -2.12. The number of hydrogen-bond acceptors (Lipinski definition) is 5. The van der Waals surface area contributed by atoms with Gasteiger partial charge in [0.15, 0.2) is 0 Å². The van der Waals surface area contributed by atoms with Crippen LogP contribution in [0.5, 0.6) is 17.2 Å². The topological polar surface area (TPSA) is 106 Å². The fourth-order valence-corrected chi connectivity index (χ4v) is 3.03. The highest BCUT2D eigenvalue weighted by Crippen LogP contribution is 2.26. The third-order valence-electron chi connectivity index (χ3n) is 4.32. The minimum absolute atomic E-state index is 0.278. The summed E-state index contributed by atoms with van der Waals surface area (Å²) in [5, 5.41) is 8.04. The van der Waals surface area contributed by atoms with E-state index in [-0.39, 0.29) is 17.4 Å². The molecule has 3 N–H and O–H groups in total. The molecule has 0 aliphatic heterocycles. The second kappa shape index (κ2) is 10.8. The predicted octanol–water partition coefficient (Wildman–Crippen LogP) is 5.05. The maximum atomic E-state index is 12.8. The van der Waals surface area contributed by atoms with E-state index in [2.05, 4.69) is 16.0 Å². The summed E-state index contributed by atoms with van der Waals surface area (Å²) in [7, 11) is 0. The Kier molecular flexibility index (Phi) is 7.64. The summed E-state index contributed by atoms with van der Waals surface area (Å²) < 4.78 is 11.2. The SMILES string of the molecule is CCOc1ccc(Oc2ccc(NC(=O)c3cc(NC(C)=O)cc(NC(C)=O)c3)cc2)cc1. The smallest absolute Gasteiger partial charge is 0.255 e. The molecule has 0 saturated heterocycles. The zero-order valence-corrected chi connectivity index (χ0v) is 18.6. The Balaban J connectivity index is 1.69. The summed E-state index contributed by atoms with van der Waals surface area (Å²) in [6.45, 7) is 5.25. The van der Waals surface area contributed by atoms with Gasteiger partial charge in [-0.2, -0.15) is 0 Å². The first-order chi connectivity index (χ1) is 15.8. The van der Waals surface area contributed by atoms with Crippen LogP contribution in [-0.2, 0) is 9.59 Å². The summed E-state index contributed by atoms with van der Waals surface area (Å²) in [4.78, 5) is 35.6. The van der Waals surface area contributed by atoms with Crippen molar-refractivity contribution in [1.82, 2.24) is 0 Å². The highest BCUT2D eigenvalue weighted by Gasteiger charge is 2.11. The molecular formula is C25H25N3O5. The van der Waals surface area contributed by atoms with E-state index in [0.29, 0.717) is 35.2 Å². The van der Waals surface area contributed by atoms with Gasteiger partial charge in [-0.25, -0.2) is 0 Å². The first-order valence-electron chi connectivity index (χ1n) is 10.3. The quantitative estimate of drug-likeness (QED) is 0.448. The van der Waals surface area contributed by atoms with Gasteiger partial charge in [0.2, 0.25) is 11.8 Å². The first kappa shape index (κ1) is 23.3. The molecule has 0 aliphatic carbocycles. The fraction of sp³-hybridized carbons (Fsp3) is 0.160. The van der Waals surface area contributed by atoms with Gasteiger partial charge in [-0.3, -0.25) is 14.4 Å². The maximum absolute atomic E-state index is 12.8. The van der Waals surface area contributed by atoms with E-state index in [4.69, 9.17) is 9.47 Å². The minimum Gasteiger partial charge on any atom is -0.494 e. The molecule has 0 aliphatic rings. The van der Waals surface area contributed by atoms with E-state index in [1.807, 2.05) is 31.2 Å². The Labute approximate surface area is 191 Å². The van der Waals surface area contributed by atoms with Crippen LogP contribution in [0.3, 0.4) is 0 Å². The number of ether oxygens (including phenoxy) is 2. The molecule has 0 saturated carbocycles. The van der Waals surface area contributed by atoms with Crippen LogP contribution in [0.25, 0.3) is 0 Å². The largest absolute Gasteiger partial charge is 0.494 e. The summed E-state index contributed by atoms with van der Waals surface area (Å²) in [6.07, 6.45) is 0. The maximum Gasteiger partial charge on any atom is 0.255 e. The van der Waals surface area contributed by atoms with E-state index in [0.717, 1.165) is 5.75 Å². The van der Waals surface area contributed by atoms with Crippen LogP contribution < -0.4 is 25.4 Å². The fourth-order valence-electron chi connectivity index (χ4n) is 3.03. The van der Waals surface area contributed by atoms with Crippen molar-refractivity contribution in [3.05, 3.63) is 72.3 Å². The zero-order chi connectivity index (χ0) is 23.8. The van der Waals surface area contributed by atoms with Crippen molar-refractivity contribution in [3.8, 4) is 17.2 Å². The third-order valence-corrected chi connectivity index (χ3v) is 4.32. The standard InChI is InChI=1S/C25H25N3O5/c1-4-32-22-9-11-24(12-10-22)33-23-7-5-19(6-8-23)28-25(31)18-13-20(26-16(2)29)15-21(14-18)27-17(3)30/h5-15H,4H2,1-3H3,(H,26,29)(H,27,30)(H,28,31). The van der Waals surface area contributed by atoms with Crippen LogP contribution >= 0.6 is 0 Å². The second-order valence-electron chi connectivity index (χ2n) is 7.15. The molecule has 170 valence electrons. The highest BCUT2D eigenvalue weighted by atomic mass is 16.5. The molecule has 3 aromatic rings. The summed E-state index contributed by atoms with van der Waals surface area (Å²) in [5.74, 6) is 1.07. The number of amides is 3. The molecular weight excluding hydrogens is 422 g/mol. The van der Waals surface area contributed by atoms with Crippen LogP contribution in [0, 0.1) is 0 Å². The second-order valence-corrected chi connectivity index (χ2v) is 7.15. The van der Waals surface area contributed by atoms with Crippen LogP contribution in [0.4, 0.5) is 17.1 Å². The van der Waals surface area contributed by atoms with Crippen molar-refractivity contribution in [2.75, 3.05) is 22.6 Å². The molecule has 8 nitrogen and oxygen atoms in total. The van der Waals surface area contributed by atoms with Crippen molar-refractivity contribution in [2.45, 2.75) is 20.8 Å². The molecule has 3 amide bonds. The van der Waals surface area contributed by atoms with Crippen molar-refractivity contribution in [2.24, 2.45) is 0 Å². The molecule has 0 aromatic heterocycles. The van der Waals surface area contributed by atoms with Crippen LogP contribution in [-0.4, -0.2) is 24.3 Å². The molecule has 0 radical (unpaired) electrons. The molecule has 0 spiro atoms. The number of carbonyl (C=O) groups is 3. The Bertz CT molecular complexity index is 1110. The van der Waals surface area contributed by atoms with E-state index in [1.165, 1.54) is 26.0 Å². The number of hydrogen-bond donors (Lipinski definition) is 3. The number of rotatable bonds is 8. The molecule has 0 unspecified atom stereocenters. The summed E-state index contributed by atoms with van der Waals surface area (Å²) in [5.41, 5.74) is 1.64. The lowest BCUT2D eigenvalue weighted by atomic mass is 10.1. The highest BCUT2D eigenvalue weighted by molar-refractivity contribution is 6.06. The molecule has 0 bridgehead atoms. The Morgan fingerprint density at radius 2 is 1.15 bits per heavy atom. The van der Waals surface area contributed by atoms with Crippen molar-refractivity contribution >= 4 is 34.8 Å². The van der Waals surface area contributed by atoms with Gasteiger partial charge in [-0.1, -0.05) is 0 Å². The Morgan fingerprint density at radius 1 is 0.667 bits per heavy atom. The first-order valence-corrected chi connectivity index (χ1v) is 10.3. The van der Waals surface area contributed by atoms with Gasteiger partial charge in [0.1, 0.15) is 17.2 Å². The van der Waals surface area contributed by atoms with E-state index >= 15 is 0 Å². The molecule has 0 heterocycles. The molecule has 8 heteroatoms. The van der Waals surface area contributed by atoms with Crippen LogP contribution in [0.1, 0.15) is 31.1 Å². The normalized spacial score (nSPS) is 10.2. The summed E-state index contributed by atoms with van der Waals surface area (Å²) in [6, 6.07) is 18.8. The average Bonchev–Trinajstić information content (AvgIpc) is 2.75. The molecule has 3 aromatic carbocycles. The number of carbonyl (C=O) groups excluding carboxylic acids is 3. The van der Waals surface area contributed by atoms with Crippen molar-refractivity contribution in [3.63, 3.8) is 0 Å². The lowest BCUT2D eigenvalue weighted by molar-refractivity contribution is -0.115. The van der Waals surface area contributed by atoms with Gasteiger partial charge in [-0.15, -0.1) is 0 Å². The van der Waals surface area contributed by atoms with Gasteiger partial charge < -0.3 is 25.4 Å². The monoisotopic (exact) mass is 447 g/mol. The average molecular weight is 447 g/mol.